The molecule has 4 aromatic rings. The minimum absolute atomic E-state index is 0.0132. The van der Waals surface area contributed by atoms with Gasteiger partial charge in [0.25, 0.3) is 15.9 Å². The number of aromatic nitrogens is 1. The molecular weight excluding hydrogens is 671 g/mol. The summed E-state index contributed by atoms with van der Waals surface area (Å²) in [5.41, 5.74) is -1.16. The van der Waals surface area contributed by atoms with Crippen LogP contribution in [0.3, 0.4) is 0 Å². The molecule has 0 bridgehead atoms. The van der Waals surface area contributed by atoms with Crippen molar-refractivity contribution in [2.24, 2.45) is 0 Å². The van der Waals surface area contributed by atoms with Gasteiger partial charge in [0.05, 0.1) is 19.9 Å². The van der Waals surface area contributed by atoms with E-state index >= 15 is 9.18 Å². The monoisotopic (exact) mass is 704 g/mol. The molecule has 13 heteroatoms. The molecule has 2 aliphatic rings. The molecule has 0 N–H and O–H groups in total. The number of rotatable bonds is 10. The number of amides is 2. The highest BCUT2D eigenvalue weighted by molar-refractivity contribution is 7.94. The van der Waals surface area contributed by atoms with Crippen LogP contribution >= 0.6 is 11.6 Å². The maximum Gasteiger partial charge on any atom is 0.256 e. The Kier molecular flexibility index (Phi) is 9.37. The van der Waals surface area contributed by atoms with Crippen molar-refractivity contribution < 1.29 is 31.9 Å². The van der Waals surface area contributed by atoms with E-state index in [1.54, 1.807) is 23.4 Å². The second-order valence-corrected chi connectivity index (χ2v) is 14.0. The molecular formula is C36H34ClFN4O6S. The summed E-state index contributed by atoms with van der Waals surface area (Å²) in [6, 6.07) is 18.4. The molecule has 0 radical (unpaired) electrons. The lowest BCUT2D eigenvalue weighted by Gasteiger charge is -2.38. The highest BCUT2D eigenvalue weighted by Gasteiger charge is 2.60. The van der Waals surface area contributed by atoms with Crippen LogP contribution in [0, 0.1) is 5.82 Å². The first-order chi connectivity index (χ1) is 23.6. The third-order valence-electron chi connectivity index (χ3n) is 9.13. The predicted octanol–water partition coefficient (Wildman–Crippen LogP) is 5.52. The van der Waals surface area contributed by atoms with E-state index in [0.29, 0.717) is 36.2 Å². The van der Waals surface area contributed by atoms with Crippen LogP contribution in [0.25, 0.3) is 0 Å². The molecule has 49 heavy (non-hydrogen) atoms. The van der Waals surface area contributed by atoms with E-state index in [9.17, 15) is 13.2 Å². The Morgan fingerprint density at radius 1 is 1.02 bits per heavy atom. The standard InChI is InChI=1S/C36H34ClFN4O6S/c1-4-32(26-13-12-25(47-2)22-31(26)48-3)49(45,46)42-30-11-7-9-28(37)34(30)36(35(42)44,27-8-5-6-10-29(27)38)23-33(43)41-20-18-40(19-21-41)24-14-16-39-17-15-24/h4-17,22,32H,1,18-21,23H2,2-3H3. The van der Waals surface area contributed by atoms with Crippen molar-refractivity contribution in [2.45, 2.75) is 17.1 Å². The maximum atomic E-state index is 16.0. The van der Waals surface area contributed by atoms with Gasteiger partial charge in [0.15, 0.2) is 0 Å². The molecule has 2 aliphatic heterocycles. The average Bonchev–Trinajstić information content (AvgIpc) is 3.38. The Balaban J connectivity index is 1.45. The zero-order valence-electron chi connectivity index (χ0n) is 26.9. The van der Waals surface area contributed by atoms with Gasteiger partial charge < -0.3 is 19.3 Å². The van der Waals surface area contributed by atoms with Gasteiger partial charge in [-0.3, -0.25) is 14.6 Å². The third kappa shape index (κ3) is 5.78. The van der Waals surface area contributed by atoms with Crippen LogP contribution in [-0.4, -0.2) is 70.5 Å². The largest absolute Gasteiger partial charge is 0.497 e. The first-order valence-corrected chi connectivity index (χ1v) is 17.4. The van der Waals surface area contributed by atoms with Gasteiger partial charge in [-0.2, -0.15) is 0 Å². The Morgan fingerprint density at radius 3 is 2.39 bits per heavy atom. The van der Waals surface area contributed by atoms with Crippen LogP contribution in [0.2, 0.25) is 5.02 Å². The molecule has 1 saturated heterocycles. The summed E-state index contributed by atoms with van der Waals surface area (Å²) in [5.74, 6) is -1.65. The Morgan fingerprint density at radius 2 is 1.73 bits per heavy atom. The summed E-state index contributed by atoms with van der Waals surface area (Å²) < 4.78 is 56.9. The molecule has 1 aromatic heterocycles. The van der Waals surface area contributed by atoms with E-state index in [-0.39, 0.29) is 33.1 Å². The topological polar surface area (TPSA) is 109 Å². The number of methoxy groups -OCH3 is 2. The molecule has 2 amide bonds. The van der Waals surface area contributed by atoms with Crippen LogP contribution < -0.4 is 18.7 Å². The number of sulfonamides is 1. The maximum absolute atomic E-state index is 16.0. The third-order valence-corrected chi connectivity index (χ3v) is 11.4. The Hall–Kier alpha value is -4.94. The van der Waals surface area contributed by atoms with Crippen molar-refractivity contribution in [1.82, 2.24) is 9.88 Å². The van der Waals surface area contributed by atoms with Gasteiger partial charge in [0.2, 0.25) is 5.91 Å². The number of anilines is 2. The summed E-state index contributed by atoms with van der Waals surface area (Å²) in [5, 5.41) is -1.48. The number of ether oxygens (including phenoxy) is 2. The fourth-order valence-corrected chi connectivity index (χ4v) is 8.88. The molecule has 254 valence electrons. The highest BCUT2D eigenvalue weighted by atomic mass is 35.5. The van der Waals surface area contributed by atoms with Crippen molar-refractivity contribution in [3.63, 3.8) is 0 Å². The number of nitrogens with zero attached hydrogens (tertiary/aromatic N) is 4. The van der Waals surface area contributed by atoms with Gasteiger partial charge in [-0.1, -0.05) is 41.9 Å². The molecule has 6 rings (SSSR count). The molecule has 0 aliphatic carbocycles. The molecule has 3 aromatic carbocycles. The van der Waals surface area contributed by atoms with Crippen molar-refractivity contribution in [2.75, 3.05) is 49.6 Å². The first kappa shape index (κ1) is 33.9. The SMILES string of the molecule is C=CC(c1ccc(OC)cc1OC)S(=O)(=O)N1C(=O)C(CC(=O)N2CCN(c3ccncc3)CC2)(c2ccccc2F)c2c(Cl)cccc21. The second-order valence-electron chi connectivity index (χ2n) is 11.6. The fraction of sp³-hybridized carbons (Fsp3) is 0.250. The number of carbonyl (C=O) groups is 2. The Labute approximate surface area is 289 Å². The van der Waals surface area contributed by atoms with Gasteiger partial charge >= 0.3 is 0 Å². The number of halogens is 2. The van der Waals surface area contributed by atoms with E-state index in [4.69, 9.17) is 21.1 Å². The van der Waals surface area contributed by atoms with Gasteiger partial charge in [0, 0.05) is 78.5 Å². The molecule has 10 nitrogen and oxygen atoms in total. The minimum Gasteiger partial charge on any atom is -0.497 e. The number of pyridine rings is 1. The zero-order chi connectivity index (χ0) is 34.9. The minimum atomic E-state index is -4.70. The molecule has 0 spiro atoms. The number of piperazine rings is 1. The van der Waals surface area contributed by atoms with Gasteiger partial charge in [-0.05, 0) is 42.5 Å². The van der Waals surface area contributed by atoms with Crippen molar-refractivity contribution >= 4 is 44.8 Å². The van der Waals surface area contributed by atoms with Crippen LogP contribution in [0.1, 0.15) is 28.4 Å². The number of hydrogen-bond acceptors (Lipinski definition) is 8. The normalized spacial score (nSPS) is 18.2. The lowest BCUT2D eigenvalue weighted by Crippen LogP contribution is -2.52. The lowest BCUT2D eigenvalue weighted by atomic mass is 9.72. The van der Waals surface area contributed by atoms with Crippen LogP contribution in [0.4, 0.5) is 15.8 Å². The molecule has 1 fully saturated rings. The Bertz CT molecular complexity index is 2020. The summed E-state index contributed by atoms with van der Waals surface area (Å²) in [4.78, 5) is 37.1. The lowest BCUT2D eigenvalue weighted by molar-refractivity contribution is -0.135. The number of carbonyl (C=O) groups excluding carboxylic acids is 2. The van der Waals surface area contributed by atoms with E-state index < -0.39 is 44.7 Å². The summed E-state index contributed by atoms with van der Waals surface area (Å²) in [6.07, 6.45) is 4.02. The number of benzene rings is 3. The van der Waals surface area contributed by atoms with Gasteiger partial charge in [-0.25, -0.2) is 17.1 Å². The first-order valence-electron chi connectivity index (χ1n) is 15.5. The highest BCUT2D eigenvalue weighted by Crippen LogP contribution is 2.54. The van der Waals surface area contributed by atoms with E-state index in [0.717, 1.165) is 5.69 Å². The molecule has 3 heterocycles. The predicted molar refractivity (Wildman–Crippen MR) is 185 cm³/mol. The van der Waals surface area contributed by atoms with Crippen LogP contribution in [-0.2, 0) is 25.0 Å². The van der Waals surface area contributed by atoms with E-state index in [2.05, 4.69) is 16.5 Å². The van der Waals surface area contributed by atoms with E-state index in [1.165, 1.54) is 74.9 Å². The smallest absolute Gasteiger partial charge is 0.256 e. The average molecular weight is 705 g/mol. The van der Waals surface area contributed by atoms with Gasteiger partial charge in [-0.15, -0.1) is 6.58 Å². The molecule has 2 atom stereocenters. The second kappa shape index (κ2) is 13.5. The zero-order valence-corrected chi connectivity index (χ0v) is 28.5. The van der Waals surface area contributed by atoms with Crippen molar-refractivity contribution in [3.8, 4) is 11.5 Å². The molecule has 0 saturated carbocycles. The number of hydrogen-bond donors (Lipinski definition) is 0. The van der Waals surface area contributed by atoms with Gasteiger partial charge in [0.1, 0.15) is 28.0 Å². The van der Waals surface area contributed by atoms with Crippen LogP contribution in [0.5, 0.6) is 11.5 Å². The van der Waals surface area contributed by atoms with Crippen molar-refractivity contribution in [3.05, 3.63) is 125 Å². The summed E-state index contributed by atoms with van der Waals surface area (Å²) in [7, 11) is -1.85. The fourth-order valence-electron chi connectivity index (χ4n) is 6.75. The summed E-state index contributed by atoms with van der Waals surface area (Å²) in [6.45, 7) is 5.46. The quantitative estimate of drug-likeness (QED) is 0.199. The summed E-state index contributed by atoms with van der Waals surface area (Å²) >= 11 is 6.82. The number of fused-ring (bicyclic) bond motifs is 1. The van der Waals surface area contributed by atoms with Crippen LogP contribution in [0.15, 0.2) is 97.8 Å². The van der Waals surface area contributed by atoms with Crippen molar-refractivity contribution in [1.29, 1.82) is 0 Å². The van der Waals surface area contributed by atoms with E-state index in [1.807, 2.05) is 12.1 Å². The molecule has 2 unspecified atom stereocenters.